The molecule has 0 aliphatic carbocycles. The molecule has 0 bridgehead atoms. The standard InChI is InChI=1S/C16H13ClN4O3/c1-24-14-5-2-10(8-19-14)9-20-15(22)16(23)21-12-4-3-11(7-18)13(17)6-12/h2-6,8H,9H2,1H3,(H,20,22)(H,21,23). The molecule has 0 spiro atoms. The average Bonchev–Trinajstić information content (AvgIpc) is 2.60. The lowest BCUT2D eigenvalue weighted by atomic mass is 10.2. The second kappa shape index (κ2) is 7.94. The average molecular weight is 345 g/mol. The van der Waals surface area contributed by atoms with Gasteiger partial charge < -0.3 is 15.4 Å². The number of anilines is 1. The summed E-state index contributed by atoms with van der Waals surface area (Å²) in [5.74, 6) is -1.18. The first-order valence-corrected chi connectivity index (χ1v) is 7.19. The molecular formula is C16H13ClN4O3. The molecule has 122 valence electrons. The highest BCUT2D eigenvalue weighted by molar-refractivity contribution is 6.39. The van der Waals surface area contributed by atoms with E-state index in [1.165, 1.54) is 31.5 Å². The Kier molecular flexibility index (Phi) is 5.71. The van der Waals surface area contributed by atoms with Crippen LogP contribution in [0.3, 0.4) is 0 Å². The molecule has 8 heteroatoms. The maximum absolute atomic E-state index is 11.8. The summed E-state index contributed by atoms with van der Waals surface area (Å²) in [5.41, 5.74) is 1.33. The summed E-state index contributed by atoms with van der Waals surface area (Å²) in [6, 6.07) is 9.63. The highest BCUT2D eigenvalue weighted by atomic mass is 35.5. The molecule has 1 aromatic carbocycles. The monoisotopic (exact) mass is 344 g/mol. The molecule has 0 saturated heterocycles. The molecular weight excluding hydrogens is 332 g/mol. The van der Waals surface area contributed by atoms with Gasteiger partial charge in [-0.3, -0.25) is 9.59 Å². The van der Waals surface area contributed by atoms with Gasteiger partial charge in [0.25, 0.3) is 0 Å². The second-order valence-corrected chi connectivity index (χ2v) is 5.06. The smallest absolute Gasteiger partial charge is 0.313 e. The van der Waals surface area contributed by atoms with Crippen LogP contribution >= 0.6 is 11.6 Å². The normalized spacial score (nSPS) is 9.71. The maximum Gasteiger partial charge on any atom is 0.313 e. The number of methoxy groups -OCH3 is 1. The first-order chi connectivity index (χ1) is 11.5. The van der Waals surface area contributed by atoms with Crippen molar-refractivity contribution in [2.75, 3.05) is 12.4 Å². The van der Waals surface area contributed by atoms with E-state index in [0.29, 0.717) is 11.6 Å². The van der Waals surface area contributed by atoms with Crippen LogP contribution < -0.4 is 15.4 Å². The van der Waals surface area contributed by atoms with Gasteiger partial charge in [-0.1, -0.05) is 17.7 Å². The third-order valence-corrected chi connectivity index (χ3v) is 3.33. The van der Waals surface area contributed by atoms with Crippen LogP contribution in [0.5, 0.6) is 5.88 Å². The maximum atomic E-state index is 11.8. The number of hydrogen-bond donors (Lipinski definition) is 2. The predicted molar refractivity (Wildman–Crippen MR) is 87.4 cm³/mol. The minimum Gasteiger partial charge on any atom is -0.481 e. The number of nitrogens with one attached hydrogen (secondary N) is 2. The third kappa shape index (κ3) is 4.44. The molecule has 2 rings (SSSR count). The number of rotatable bonds is 4. The van der Waals surface area contributed by atoms with Crippen molar-refractivity contribution in [3.05, 3.63) is 52.7 Å². The molecule has 24 heavy (non-hydrogen) atoms. The van der Waals surface area contributed by atoms with Crippen molar-refractivity contribution >= 4 is 29.1 Å². The topological polar surface area (TPSA) is 104 Å². The van der Waals surface area contributed by atoms with E-state index < -0.39 is 11.8 Å². The van der Waals surface area contributed by atoms with Crippen LogP contribution in [0.2, 0.25) is 5.02 Å². The zero-order chi connectivity index (χ0) is 17.5. The lowest BCUT2D eigenvalue weighted by Crippen LogP contribution is -2.35. The summed E-state index contributed by atoms with van der Waals surface area (Å²) in [6.07, 6.45) is 1.54. The van der Waals surface area contributed by atoms with Gasteiger partial charge in [0.15, 0.2) is 0 Å². The summed E-state index contributed by atoms with van der Waals surface area (Å²) in [6.45, 7) is 0.150. The minimum absolute atomic E-state index is 0.150. The highest BCUT2D eigenvalue weighted by Crippen LogP contribution is 2.20. The molecule has 0 radical (unpaired) electrons. The number of amides is 2. The summed E-state index contributed by atoms with van der Waals surface area (Å²) in [5, 5.41) is 13.9. The molecule has 2 aromatic rings. The number of hydrogen-bond acceptors (Lipinski definition) is 5. The summed E-state index contributed by atoms with van der Waals surface area (Å²) in [7, 11) is 1.50. The second-order valence-electron chi connectivity index (χ2n) is 4.65. The summed E-state index contributed by atoms with van der Waals surface area (Å²) < 4.78 is 4.93. The van der Waals surface area contributed by atoms with Crippen molar-refractivity contribution < 1.29 is 14.3 Å². The molecule has 2 amide bonds. The Bertz CT molecular complexity index is 800. The van der Waals surface area contributed by atoms with E-state index in [0.717, 1.165) is 5.56 Å². The van der Waals surface area contributed by atoms with Gasteiger partial charge in [-0.15, -0.1) is 0 Å². The Morgan fingerprint density at radius 3 is 2.67 bits per heavy atom. The van der Waals surface area contributed by atoms with E-state index in [2.05, 4.69) is 15.6 Å². The Morgan fingerprint density at radius 1 is 1.29 bits per heavy atom. The number of carbonyl (C=O) groups excluding carboxylic acids is 2. The van der Waals surface area contributed by atoms with Gasteiger partial charge in [0.2, 0.25) is 5.88 Å². The molecule has 1 aromatic heterocycles. The van der Waals surface area contributed by atoms with E-state index in [1.54, 1.807) is 12.1 Å². The van der Waals surface area contributed by atoms with Crippen molar-refractivity contribution in [1.82, 2.24) is 10.3 Å². The fraction of sp³-hybridized carbons (Fsp3) is 0.125. The first kappa shape index (κ1) is 17.2. The van der Waals surface area contributed by atoms with Crippen LogP contribution in [0, 0.1) is 11.3 Å². The number of ether oxygens (including phenoxy) is 1. The SMILES string of the molecule is COc1ccc(CNC(=O)C(=O)Nc2ccc(C#N)c(Cl)c2)cn1. The van der Waals surface area contributed by atoms with Gasteiger partial charge in [-0.05, 0) is 23.8 Å². The lowest BCUT2D eigenvalue weighted by Gasteiger charge is -2.07. The molecule has 2 N–H and O–H groups in total. The minimum atomic E-state index is -0.836. The summed E-state index contributed by atoms with van der Waals surface area (Å²) in [4.78, 5) is 27.6. The zero-order valence-electron chi connectivity index (χ0n) is 12.7. The molecule has 0 fully saturated rings. The summed E-state index contributed by atoms with van der Waals surface area (Å²) >= 11 is 5.87. The molecule has 0 unspecified atom stereocenters. The van der Waals surface area contributed by atoms with Crippen LogP contribution in [-0.2, 0) is 16.1 Å². The van der Waals surface area contributed by atoms with E-state index in [-0.39, 0.29) is 17.1 Å². The number of nitriles is 1. The highest BCUT2D eigenvalue weighted by Gasteiger charge is 2.14. The molecule has 0 aliphatic rings. The molecule has 1 heterocycles. The predicted octanol–water partition coefficient (Wildman–Crippen LogP) is 1.87. The Hall–Kier alpha value is -3.11. The van der Waals surface area contributed by atoms with Crippen molar-refractivity contribution in [2.45, 2.75) is 6.54 Å². The number of pyridine rings is 1. The van der Waals surface area contributed by atoms with Gasteiger partial charge in [0.1, 0.15) is 6.07 Å². The van der Waals surface area contributed by atoms with Crippen LogP contribution in [0.4, 0.5) is 5.69 Å². The van der Waals surface area contributed by atoms with Gasteiger partial charge in [0.05, 0.1) is 17.7 Å². The quantitative estimate of drug-likeness (QED) is 0.824. The van der Waals surface area contributed by atoms with E-state index in [4.69, 9.17) is 21.6 Å². The number of halogens is 1. The van der Waals surface area contributed by atoms with Gasteiger partial charge in [0, 0.05) is 24.5 Å². The zero-order valence-corrected chi connectivity index (χ0v) is 13.4. The fourth-order valence-corrected chi connectivity index (χ4v) is 1.99. The molecule has 0 atom stereocenters. The van der Waals surface area contributed by atoms with Crippen LogP contribution in [0.15, 0.2) is 36.5 Å². The van der Waals surface area contributed by atoms with Crippen molar-refractivity contribution in [2.24, 2.45) is 0 Å². The first-order valence-electron chi connectivity index (χ1n) is 6.81. The van der Waals surface area contributed by atoms with Crippen LogP contribution in [-0.4, -0.2) is 23.9 Å². The number of benzene rings is 1. The Labute approximate surface area is 143 Å². The molecule has 0 saturated carbocycles. The van der Waals surface area contributed by atoms with Gasteiger partial charge in [-0.25, -0.2) is 4.98 Å². The lowest BCUT2D eigenvalue weighted by molar-refractivity contribution is -0.136. The van der Waals surface area contributed by atoms with Crippen molar-refractivity contribution in [3.8, 4) is 11.9 Å². The van der Waals surface area contributed by atoms with Gasteiger partial charge in [-0.2, -0.15) is 5.26 Å². The van der Waals surface area contributed by atoms with E-state index in [1.807, 2.05) is 6.07 Å². The molecule has 0 aliphatic heterocycles. The third-order valence-electron chi connectivity index (χ3n) is 3.01. The van der Waals surface area contributed by atoms with E-state index in [9.17, 15) is 9.59 Å². The Balaban J connectivity index is 1.91. The largest absolute Gasteiger partial charge is 0.481 e. The van der Waals surface area contributed by atoms with Crippen LogP contribution in [0.1, 0.15) is 11.1 Å². The number of aromatic nitrogens is 1. The fourth-order valence-electron chi connectivity index (χ4n) is 1.77. The van der Waals surface area contributed by atoms with Crippen molar-refractivity contribution in [1.29, 1.82) is 5.26 Å². The van der Waals surface area contributed by atoms with Crippen molar-refractivity contribution in [3.63, 3.8) is 0 Å². The van der Waals surface area contributed by atoms with Gasteiger partial charge >= 0.3 is 11.8 Å². The molecule has 7 nitrogen and oxygen atoms in total. The number of carbonyl (C=O) groups is 2. The van der Waals surface area contributed by atoms with Crippen LogP contribution in [0.25, 0.3) is 0 Å². The van der Waals surface area contributed by atoms with E-state index >= 15 is 0 Å². The number of nitrogens with zero attached hydrogens (tertiary/aromatic N) is 2. The Morgan fingerprint density at radius 2 is 2.08 bits per heavy atom.